The molecule has 2 heterocycles. The van der Waals surface area contributed by atoms with Crippen molar-refractivity contribution in [2.24, 2.45) is 5.92 Å². The number of nitrogens with zero attached hydrogens (tertiary/aromatic N) is 3. The molecule has 2 fully saturated rings. The molecule has 1 aliphatic heterocycles. The van der Waals surface area contributed by atoms with Gasteiger partial charge in [0.15, 0.2) is 11.5 Å². The molecular weight excluding hydrogens is 370 g/mol. The van der Waals surface area contributed by atoms with Gasteiger partial charge in [0.1, 0.15) is 0 Å². The van der Waals surface area contributed by atoms with Crippen molar-refractivity contribution in [1.82, 2.24) is 20.2 Å². The number of rotatable bonds is 5. The first-order valence-electron chi connectivity index (χ1n) is 9.89. The minimum absolute atomic E-state index is 0.0366. The Labute approximate surface area is 168 Å². The summed E-state index contributed by atoms with van der Waals surface area (Å²) in [7, 11) is 0. The first-order valence-corrected chi connectivity index (χ1v) is 9.89. The first kappa shape index (κ1) is 19.0. The van der Waals surface area contributed by atoms with E-state index in [4.69, 9.17) is 0 Å². The summed E-state index contributed by atoms with van der Waals surface area (Å²) in [6.45, 7) is 1.30. The fourth-order valence-electron chi connectivity index (χ4n) is 3.45. The predicted octanol–water partition coefficient (Wildman–Crippen LogP) is 1.86. The molecule has 150 valence electrons. The van der Waals surface area contributed by atoms with Crippen LogP contribution >= 0.6 is 0 Å². The van der Waals surface area contributed by atoms with Gasteiger partial charge < -0.3 is 15.5 Å². The second-order valence-corrected chi connectivity index (χ2v) is 7.42. The van der Waals surface area contributed by atoms with E-state index in [1.54, 1.807) is 24.3 Å². The minimum Gasteiger partial charge on any atom is -0.348 e. The predicted molar refractivity (Wildman–Crippen MR) is 106 cm³/mol. The van der Waals surface area contributed by atoms with Gasteiger partial charge in [0, 0.05) is 43.0 Å². The monoisotopic (exact) mass is 393 g/mol. The molecule has 1 aromatic carbocycles. The average Bonchev–Trinajstić information content (AvgIpc) is 3.60. The molecule has 1 saturated carbocycles. The number of piperidine rings is 1. The number of likely N-dealkylation sites (tertiary alicyclic amines) is 1. The number of benzene rings is 1. The van der Waals surface area contributed by atoms with E-state index >= 15 is 0 Å². The number of nitrogens with one attached hydrogen (secondary N) is 2. The molecule has 0 bridgehead atoms. The third-order valence-electron chi connectivity index (χ3n) is 5.25. The average molecular weight is 393 g/mol. The highest BCUT2D eigenvalue weighted by molar-refractivity contribution is 6.07. The lowest BCUT2D eigenvalue weighted by Crippen LogP contribution is -2.47. The summed E-state index contributed by atoms with van der Waals surface area (Å²) in [6.07, 6.45) is 6.26. The van der Waals surface area contributed by atoms with Crippen molar-refractivity contribution < 1.29 is 14.4 Å². The summed E-state index contributed by atoms with van der Waals surface area (Å²) in [5, 5.41) is 5.62. The van der Waals surface area contributed by atoms with Gasteiger partial charge in [-0.1, -0.05) is 18.2 Å². The summed E-state index contributed by atoms with van der Waals surface area (Å²) >= 11 is 0. The van der Waals surface area contributed by atoms with Crippen molar-refractivity contribution in [3.63, 3.8) is 0 Å². The SMILES string of the molecule is O=C(Nc1nccnc1C(=O)NC1CCN(C(=O)C2CC2)CC1)c1ccccc1. The van der Waals surface area contributed by atoms with Crippen LogP contribution in [0.2, 0.25) is 0 Å². The van der Waals surface area contributed by atoms with Crippen molar-refractivity contribution >= 4 is 23.5 Å². The highest BCUT2D eigenvalue weighted by atomic mass is 16.2. The van der Waals surface area contributed by atoms with Crippen LogP contribution in [0.4, 0.5) is 5.82 Å². The zero-order valence-electron chi connectivity index (χ0n) is 16.0. The molecule has 3 amide bonds. The number of hydrogen-bond donors (Lipinski definition) is 2. The Balaban J connectivity index is 1.37. The Kier molecular flexibility index (Phi) is 5.50. The maximum Gasteiger partial charge on any atom is 0.273 e. The van der Waals surface area contributed by atoms with Crippen LogP contribution in [0.5, 0.6) is 0 Å². The topological polar surface area (TPSA) is 104 Å². The van der Waals surface area contributed by atoms with Crippen molar-refractivity contribution in [2.75, 3.05) is 18.4 Å². The van der Waals surface area contributed by atoms with E-state index in [9.17, 15) is 14.4 Å². The Morgan fingerprint density at radius 3 is 2.28 bits per heavy atom. The molecule has 8 nitrogen and oxygen atoms in total. The van der Waals surface area contributed by atoms with Crippen LogP contribution in [0.1, 0.15) is 46.5 Å². The third kappa shape index (κ3) is 4.59. The highest BCUT2D eigenvalue weighted by Crippen LogP contribution is 2.31. The van der Waals surface area contributed by atoms with Gasteiger partial charge >= 0.3 is 0 Å². The molecule has 1 aliphatic carbocycles. The van der Waals surface area contributed by atoms with E-state index in [0.717, 1.165) is 12.8 Å². The number of hydrogen-bond acceptors (Lipinski definition) is 5. The van der Waals surface area contributed by atoms with Crippen LogP contribution in [0, 0.1) is 5.92 Å². The van der Waals surface area contributed by atoms with E-state index in [2.05, 4.69) is 20.6 Å². The smallest absolute Gasteiger partial charge is 0.273 e. The molecule has 1 aromatic heterocycles. The lowest BCUT2D eigenvalue weighted by molar-refractivity contribution is -0.133. The lowest BCUT2D eigenvalue weighted by Gasteiger charge is -2.32. The van der Waals surface area contributed by atoms with Gasteiger partial charge in [0.2, 0.25) is 5.91 Å². The van der Waals surface area contributed by atoms with Crippen molar-refractivity contribution in [3.05, 3.63) is 54.0 Å². The summed E-state index contributed by atoms with van der Waals surface area (Å²) in [4.78, 5) is 47.4. The first-order chi connectivity index (χ1) is 14.1. The van der Waals surface area contributed by atoms with E-state index in [-0.39, 0.29) is 41.2 Å². The van der Waals surface area contributed by atoms with Gasteiger partial charge in [-0.3, -0.25) is 14.4 Å². The standard InChI is InChI=1S/C21H23N5O3/c27-19(14-4-2-1-3-5-14)25-18-17(22-10-11-23-18)20(28)24-16-8-12-26(13-9-16)21(29)15-6-7-15/h1-5,10-11,15-16H,6-9,12-13H2,(H,24,28)(H,23,25,27). The van der Waals surface area contributed by atoms with E-state index in [1.165, 1.54) is 12.4 Å². The molecule has 29 heavy (non-hydrogen) atoms. The van der Waals surface area contributed by atoms with E-state index in [0.29, 0.717) is 31.5 Å². The lowest BCUT2D eigenvalue weighted by atomic mass is 10.0. The van der Waals surface area contributed by atoms with Gasteiger partial charge in [0.25, 0.3) is 11.8 Å². The van der Waals surface area contributed by atoms with Crippen LogP contribution in [0.3, 0.4) is 0 Å². The molecule has 0 atom stereocenters. The van der Waals surface area contributed by atoms with Gasteiger partial charge in [-0.15, -0.1) is 0 Å². The minimum atomic E-state index is -0.381. The molecule has 2 N–H and O–H groups in total. The molecule has 0 radical (unpaired) electrons. The number of amides is 3. The van der Waals surface area contributed by atoms with Gasteiger partial charge in [-0.05, 0) is 37.8 Å². The largest absolute Gasteiger partial charge is 0.348 e. The summed E-state index contributed by atoms with van der Waals surface area (Å²) < 4.78 is 0. The zero-order valence-corrected chi connectivity index (χ0v) is 16.0. The number of carbonyl (C=O) groups is 3. The Hall–Kier alpha value is -3.29. The molecule has 1 saturated heterocycles. The van der Waals surface area contributed by atoms with Gasteiger partial charge in [0.05, 0.1) is 0 Å². The molecule has 8 heteroatoms. The van der Waals surface area contributed by atoms with Crippen LogP contribution in [0.25, 0.3) is 0 Å². The van der Waals surface area contributed by atoms with Crippen LogP contribution in [0.15, 0.2) is 42.7 Å². The fraction of sp³-hybridized carbons (Fsp3) is 0.381. The summed E-state index contributed by atoms with van der Waals surface area (Å²) in [5.41, 5.74) is 0.547. The molecule has 2 aromatic rings. The second-order valence-electron chi connectivity index (χ2n) is 7.42. The van der Waals surface area contributed by atoms with Crippen molar-refractivity contribution in [3.8, 4) is 0 Å². The highest BCUT2D eigenvalue weighted by Gasteiger charge is 2.35. The molecule has 2 aliphatic rings. The molecule has 4 rings (SSSR count). The summed E-state index contributed by atoms with van der Waals surface area (Å²) in [5.74, 6) is -0.146. The molecule has 0 spiro atoms. The third-order valence-corrected chi connectivity index (χ3v) is 5.25. The zero-order chi connectivity index (χ0) is 20.2. The fourth-order valence-corrected chi connectivity index (χ4v) is 3.45. The Morgan fingerprint density at radius 2 is 1.59 bits per heavy atom. The molecular formula is C21H23N5O3. The number of carbonyl (C=O) groups excluding carboxylic acids is 3. The van der Waals surface area contributed by atoms with Gasteiger partial charge in [-0.25, -0.2) is 9.97 Å². The maximum absolute atomic E-state index is 12.7. The van der Waals surface area contributed by atoms with Crippen molar-refractivity contribution in [1.29, 1.82) is 0 Å². The Morgan fingerprint density at radius 1 is 0.897 bits per heavy atom. The second kappa shape index (κ2) is 8.38. The summed E-state index contributed by atoms with van der Waals surface area (Å²) in [6, 6.07) is 8.68. The maximum atomic E-state index is 12.7. The van der Waals surface area contributed by atoms with Crippen LogP contribution in [-0.4, -0.2) is 51.7 Å². The number of aromatic nitrogens is 2. The Bertz CT molecular complexity index is 906. The number of anilines is 1. The normalized spacial score (nSPS) is 16.9. The van der Waals surface area contributed by atoms with Crippen LogP contribution in [-0.2, 0) is 4.79 Å². The van der Waals surface area contributed by atoms with E-state index in [1.807, 2.05) is 11.0 Å². The van der Waals surface area contributed by atoms with Gasteiger partial charge in [-0.2, -0.15) is 0 Å². The molecule has 0 unspecified atom stereocenters. The van der Waals surface area contributed by atoms with E-state index < -0.39 is 0 Å². The van der Waals surface area contributed by atoms with Crippen LogP contribution < -0.4 is 10.6 Å². The quantitative estimate of drug-likeness (QED) is 0.807. The van der Waals surface area contributed by atoms with Crippen molar-refractivity contribution in [2.45, 2.75) is 31.7 Å².